The molecule has 0 aliphatic rings. The number of aromatic nitrogens is 1. The zero-order valence-corrected chi connectivity index (χ0v) is 11.1. The number of thiocarbonyl (C=S) groups is 1. The fraction of sp³-hybridized carbons (Fsp3) is 0. The second-order valence-electron chi connectivity index (χ2n) is 3.83. The average Bonchev–Trinajstić information content (AvgIpc) is 2.49. The van der Waals surface area contributed by atoms with Crippen LogP contribution in [0.3, 0.4) is 0 Å². The van der Waals surface area contributed by atoms with Gasteiger partial charge < -0.3 is 5.32 Å². The van der Waals surface area contributed by atoms with Crippen molar-refractivity contribution in [1.82, 2.24) is 9.99 Å². The molecule has 20 heavy (non-hydrogen) atoms. The molecule has 3 N–H and O–H groups in total. The van der Waals surface area contributed by atoms with E-state index < -0.39 is 5.91 Å². The maximum Gasteiger partial charge on any atom is 0.292 e. The summed E-state index contributed by atoms with van der Waals surface area (Å²) in [6.45, 7) is 0. The number of pyridine rings is 1. The third kappa shape index (κ3) is 3.34. The van der Waals surface area contributed by atoms with Gasteiger partial charge in [0.15, 0.2) is 5.11 Å². The van der Waals surface area contributed by atoms with Crippen LogP contribution < -0.4 is 11.2 Å². The van der Waals surface area contributed by atoms with Gasteiger partial charge in [0.2, 0.25) is 0 Å². The number of amides is 1. The van der Waals surface area contributed by atoms with Crippen LogP contribution in [0.25, 0.3) is 0 Å². The molecule has 0 spiro atoms. The molecule has 0 saturated heterocycles. The zero-order chi connectivity index (χ0) is 14.5. The molecular weight excluding hydrogens is 279 g/mol. The molecule has 1 heterocycles. The van der Waals surface area contributed by atoms with E-state index in [1.165, 1.54) is 36.5 Å². The van der Waals surface area contributed by atoms with Gasteiger partial charge in [0, 0.05) is 11.9 Å². The van der Waals surface area contributed by atoms with Crippen molar-refractivity contribution in [2.45, 2.75) is 0 Å². The number of halogens is 1. The minimum absolute atomic E-state index is 0.00717. The van der Waals surface area contributed by atoms with Crippen LogP contribution in [0.1, 0.15) is 10.5 Å². The van der Waals surface area contributed by atoms with Gasteiger partial charge in [0.05, 0.1) is 0 Å². The van der Waals surface area contributed by atoms with Crippen molar-refractivity contribution in [2.75, 3.05) is 5.32 Å². The van der Waals surface area contributed by atoms with Crippen LogP contribution in [0.4, 0.5) is 10.1 Å². The number of rotatable bonds is 2. The zero-order valence-electron chi connectivity index (χ0n) is 10.3. The van der Waals surface area contributed by atoms with Gasteiger partial charge in [-0.05, 0) is 48.6 Å². The van der Waals surface area contributed by atoms with Gasteiger partial charge in [0.25, 0.3) is 5.91 Å². The van der Waals surface area contributed by atoms with Gasteiger partial charge >= 0.3 is 0 Å². The number of hydrogen-bond donors (Lipinski definition) is 2. The Morgan fingerprint density at radius 1 is 1.25 bits per heavy atom. The molecule has 1 aromatic heterocycles. The number of nitrogens with one attached hydrogen (secondary N) is 1. The molecule has 1 amide bonds. The van der Waals surface area contributed by atoms with Crippen molar-refractivity contribution in [3.8, 4) is 0 Å². The number of carbonyl (C=O) groups excluding carboxylic acids is 1. The van der Waals surface area contributed by atoms with E-state index >= 15 is 0 Å². The largest absolute Gasteiger partial charge is 0.331 e. The normalized spacial score (nSPS) is 9.90. The molecule has 0 atom stereocenters. The number of carbonyl (C=O) groups is 1. The predicted molar refractivity (Wildman–Crippen MR) is 77.2 cm³/mol. The monoisotopic (exact) mass is 290 g/mol. The van der Waals surface area contributed by atoms with Crippen molar-refractivity contribution in [2.24, 2.45) is 5.84 Å². The van der Waals surface area contributed by atoms with Crippen LogP contribution in [-0.2, 0) is 0 Å². The summed E-state index contributed by atoms with van der Waals surface area (Å²) in [4.78, 5) is 15.9. The standard InChI is InChI=1S/C13H11FN4OS/c14-9-4-6-10(7-5-9)17-13(20)18(15)12(19)11-3-1-2-8-16-11/h1-8H,15H2,(H,17,20). The van der Waals surface area contributed by atoms with Gasteiger partial charge in [-0.1, -0.05) is 6.07 Å². The van der Waals surface area contributed by atoms with Crippen LogP contribution in [-0.4, -0.2) is 21.0 Å². The van der Waals surface area contributed by atoms with Crippen LogP contribution >= 0.6 is 12.2 Å². The summed E-state index contributed by atoms with van der Waals surface area (Å²) < 4.78 is 12.8. The third-order valence-electron chi connectivity index (χ3n) is 2.42. The van der Waals surface area contributed by atoms with E-state index in [2.05, 4.69) is 10.3 Å². The molecule has 0 radical (unpaired) electrons. The fourth-order valence-electron chi connectivity index (χ4n) is 1.42. The number of nitrogens with zero attached hydrogens (tertiary/aromatic N) is 2. The molecule has 102 valence electrons. The first-order valence-electron chi connectivity index (χ1n) is 5.64. The van der Waals surface area contributed by atoms with E-state index in [-0.39, 0.29) is 16.6 Å². The first kappa shape index (κ1) is 14.0. The lowest BCUT2D eigenvalue weighted by atomic mass is 10.3. The van der Waals surface area contributed by atoms with Crippen molar-refractivity contribution in [1.29, 1.82) is 0 Å². The summed E-state index contributed by atoms with van der Waals surface area (Å²) in [5.74, 6) is 4.73. The molecule has 0 aliphatic carbocycles. The quantitative estimate of drug-likeness (QED) is 0.383. The minimum atomic E-state index is -0.537. The fourth-order valence-corrected chi connectivity index (χ4v) is 1.62. The summed E-state index contributed by atoms with van der Waals surface area (Å²) in [7, 11) is 0. The molecular formula is C13H11FN4OS. The molecule has 2 aromatic rings. The minimum Gasteiger partial charge on any atom is -0.331 e. The molecule has 7 heteroatoms. The SMILES string of the molecule is NN(C(=O)c1ccccn1)C(=S)Nc1ccc(F)cc1. The van der Waals surface area contributed by atoms with E-state index in [4.69, 9.17) is 18.1 Å². The Morgan fingerprint density at radius 3 is 2.55 bits per heavy atom. The highest BCUT2D eigenvalue weighted by molar-refractivity contribution is 7.80. The molecule has 0 bridgehead atoms. The highest BCUT2D eigenvalue weighted by Crippen LogP contribution is 2.09. The Kier molecular flexibility index (Phi) is 4.34. The molecule has 5 nitrogen and oxygen atoms in total. The molecule has 0 saturated carbocycles. The molecule has 1 aromatic carbocycles. The van der Waals surface area contributed by atoms with E-state index in [1.807, 2.05) is 0 Å². The predicted octanol–water partition coefficient (Wildman–Crippen LogP) is 1.93. The van der Waals surface area contributed by atoms with Crippen molar-refractivity contribution >= 4 is 28.9 Å². The lowest BCUT2D eigenvalue weighted by molar-refractivity contribution is 0.0844. The van der Waals surface area contributed by atoms with Gasteiger partial charge in [-0.25, -0.2) is 15.2 Å². The number of nitrogens with two attached hydrogens (primary N) is 1. The van der Waals surface area contributed by atoms with Crippen molar-refractivity contribution in [3.63, 3.8) is 0 Å². The maximum absolute atomic E-state index is 12.8. The number of benzene rings is 1. The van der Waals surface area contributed by atoms with Crippen LogP contribution in [0.15, 0.2) is 48.7 Å². The van der Waals surface area contributed by atoms with Gasteiger partial charge in [-0.15, -0.1) is 0 Å². The third-order valence-corrected chi connectivity index (χ3v) is 2.72. The summed E-state index contributed by atoms with van der Waals surface area (Å²) in [5.41, 5.74) is 0.707. The Labute approximate surface area is 120 Å². The van der Waals surface area contributed by atoms with Crippen LogP contribution in [0, 0.1) is 5.82 Å². The second-order valence-corrected chi connectivity index (χ2v) is 4.21. The van der Waals surface area contributed by atoms with E-state index in [0.717, 1.165) is 5.01 Å². The van der Waals surface area contributed by atoms with Crippen molar-refractivity contribution < 1.29 is 9.18 Å². The maximum atomic E-state index is 12.8. The summed E-state index contributed by atoms with van der Waals surface area (Å²) >= 11 is 5.02. The number of anilines is 1. The van der Waals surface area contributed by atoms with E-state index in [1.54, 1.807) is 12.1 Å². The van der Waals surface area contributed by atoms with Crippen molar-refractivity contribution in [3.05, 3.63) is 60.2 Å². The van der Waals surface area contributed by atoms with Crippen LogP contribution in [0.2, 0.25) is 0 Å². The highest BCUT2D eigenvalue weighted by Gasteiger charge is 2.17. The number of hydrogen-bond acceptors (Lipinski definition) is 4. The molecule has 0 aliphatic heterocycles. The Hall–Kier alpha value is -2.38. The summed E-state index contributed by atoms with van der Waals surface area (Å²) in [5, 5.41) is 3.51. The number of hydrazine groups is 1. The Balaban J connectivity index is 2.05. The lowest BCUT2D eigenvalue weighted by Crippen LogP contribution is -2.45. The summed E-state index contributed by atoms with van der Waals surface area (Å²) in [6, 6.07) is 10.4. The van der Waals surface area contributed by atoms with Gasteiger partial charge in [-0.2, -0.15) is 0 Å². The Bertz CT molecular complexity index is 618. The Morgan fingerprint density at radius 2 is 1.95 bits per heavy atom. The molecule has 2 rings (SSSR count). The smallest absolute Gasteiger partial charge is 0.292 e. The van der Waals surface area contributed by atoms with Gasteiger partial charge in [0.1, 0.15) is 11.5 Å². The van der Waals surface area contributed by atoms with E-state index in [9.17, 15) is 9.18 Å². The first-order chi connectivity index (χ1) is 9.58. The summed E-state index contributed by atoms with van der Waals surface area (Å²) in [6.07, 6.45) is 1.48. The van der Waals surface area contributed by atoms with E-state index in [0.29, 0.717) is 5.69 Å². The first-order valence-corrected chi connectivity index (χ1v) is 6.05. The highest BCUT2D eigenvalue weighted by atomic mass is 32.1. The van der Waals surface area contributed by atoms with Gasteiger partial charge in [-0.3, -0.25) is 9.78 Å². The molecule has 0 fully saturated rings. The average molecular weight is 290 g/mol. The second kappa shape index (κ2) is 6.18. The molecule has 0 unspecified atom stereocenters. The lowest BCUT2D eigenvalue weighted by Gasteiger charge is -2.18. The topological polar surface area (TPSA) is 71.2 Å². The van der Waals surface area contributed by atoms with Crippen LogP contribution in [0.5, 0.6) is 0 Å².